The molecular formula is C28H38ClN3O6S. The van der Waals surface area contributed by atoms with Crippen LogP contribution in [-0.4, -0.2) is 62.7 Å². The molecule has 0 radical (unpaired) electrons. The highest BCUT2D eigenvalue weighted by atomic mass is 35.5. The van der Waals surface area contributed by atoms with Crippen LogP contribution in [0, 0.1) is 0 Å². The van der Waals surface area contributed by atoms with Crippen molar-refractivity contribution in [3.8, 4) is 11.5 Å². The Bertz CT molecular complexity index is 1260. The second-order valence-electron chi connectivity index (χ2n) is 10.6. The molecule has 0 aliphatic carbocycles. The van der Waals surface area contributed by atoms with Crippen molar-refractivity contribution in [3.63, 3.8) is 0 Å². The molecule has 2 aromatic carbocycles. The van der Waals surface area contributed by atoms with Crippen molar-refractivity contribution in [1.29, 1.82) is 0 Å². The largest absolute Gasteiger partial charge is 0.486 e. The van der Waals surface area contributed by atoms with E-state index in [0.717, 1.165) is 11.8 Å². The SMILES string of the molecule is CC[C@@H](C(=O)NC(C)(C)C)N(Cc1ccc(Cl)cc1)C(=O)CCCN(c1ccc2c(c1)OCCO2)S(C)(=O)=O. The van der Waals surface area contributed by atoms with Gasteiger partial charge in [0.1, 0.15) is 19.3 Å². The van der Waals surface area contributed by atoms with E-state index in [0.29, 0.717) is 41.8 Å². The highest BCUT2D eigenvalue weighted by Crippen LogP contribution is 2.34. The number of amides is 2. The van der Waals surface area contributed by atoms with E-state index >= 15 is 0 Å². The molecule has 9 nitrogen and oxygen atoms in total. The van der Waals surface area contributed by atoms with Gasteiger partial charge in [-0.1, -0.05) is 30.7 Å². The molecule has 0 spiro atoms. The number of anilines is 1. The van der Waals surface area contributed by atoms with Crippen LogP contribution < -0.4 is 19.1 Å². The van der Waals surface area contributed by atoms with Crippen molar-refractivity contribution in [2.24, 2.45) is 0 Å². The number of halogens is 1. The number of rotatable bonds is 11. The molecule has 0 aromatic heterocycles. The van der Waals surface area contributed by atoms with Gasteiger partial charge < -0.3 is 19.7 Å². The predicted octanol–water partition coefficient (Wildman–Crippen LogP) is 4.38. The van der Waals surface area contributed by atoms with Gasteiger partial charge in [0.15, 0.2) is 11.5 Å². The number of carbonyl (C=O) groups is 2. The van der Waals surface area contributed by atoms with E-state index in [4.69, 9.17) is 21.1 Å². The first-order chi connectivity index (χ1) is 18.3. The minimum atomic E-state index is -3.63. The Morgan fingerprint density at radius 1 is 1.05 bits per heavy atom. The average Bonchev–Trinajstić information content (AvgIpc) is 2.85. The number of ether oxygens (including phenoxy) is 2. The van der Waals surface area contributed by atoms with Gasteiger partial charge in [-0.2, -0.15) is 0 Å². The summed E-state index contributed by atoms with van der Waals surface area (Å²) in [4.78, 5) is 28.3. The molecular weight excluding hydrogens is 542 g/mol. The molecule has 0 unspecified atom stereocenters. The lowest BCUT2D eigenvalue weighted by Gasteiger charge is -2.33. The second kappa shape index (κ2) is 12.9. The molecule has 1 N–H and O–H groups in total. The highest BCUT2D eigenvalue weighted by Gasteiger charge is 2.31. The molecule has 11 heteroatoms. The lowest BCUT2D eigenvalue weighted by atomic mass is 10.0. The summed E-state index contributed by atoms with van der Waals surface area (Å²) in [5.41, 5.74) is 0.811. The van der Waals surface area contributed by atoms with E-state index in [9.17, 15) is 18.0 Å². The molecule has 0 saturated heterocycles. The van der Waals surface area contributed by atoms with E-state index in [1.165, 1.54) is 4.31 Å². The van der Waals surface area contributed by atoms with Crippen LogP contribution in [0.5, 0.6) is 11.5 Å². The van der Waals surface area contributed by atoms with Crippen LogP contribution >= 0.6 is 11.6 Å². The van der Waals surface area contributed by atoms with Crippen LogP contribution in [0.2, 0.25) is 5.02 Å². The molecule has 214 valence electrons. The summed E-state index contributed by atoms with van der Waals surface area (Å²) < 4.78 is 37.7. The molecule has 1 atom stereocenters. The zero-order valence-corrected chi connectivity index (χ0v) is 24.8. The van der Waals surface area contributed by atoms with Crippen molar-refractivity contribution in [3.05, 3.63) is 53.1 Å². The Morgan fingerprint density at radius 2 is 1.69 bits per heavy atom. The van der Waals surface area contributed by atoms with Gasteiger partial charge in [-0.25, -0.2) is 8.42 Å². The second-order valence-corrected chi connectivity index (χ2v) is 12.9. The molecule has 1 aliphatic rings. The number of hydrogen-bond acceptors (Lipinski definition) is 6. The lowest BCUT2D eigenvalue weighted by molar-refractivity contribution is -0.142. The summed E-state index contributed by atoms with van der Waals surface area (Å²) in [5, 5.41) is 3.56. The number of nitrogens with one attached hydrogen (secondary N) is 1. The topological polar surface area (TPSA) is 105 Å². The number of hydrogen-bond donors (Lipinski definition) is 1. The molecule has 2 aromatic rings. The zero-order chi connectivity index (χ0) is 28.8. The van der Waals surface area contributed by atoms with Crippen molar-refractivity contribution in [2.45, 2.75) is 65.1 Å². The number of benzene rings is 2. The summed E-state index contributed by atoms with van der Waals surface area (Å²) in [7, 11) is -3.63. The van der Waals surface area contributed by atoms with Crippen LogP contribution in [0.15, 0.2) is 42.5 Å². The third-order valence-electron chi connectivity index (χ3n) is 6.12. The van der Waals surface area contributed by atoms with E-state index in [2.05, 4.69) is 5.32 Å². The van der Waals surface area contributed by atoms with E-state index in [1.54, 1.807) is 35.2 Å². The molecule has 0 saturated carbocycles. The molecule has 0 bridgehead atoms. The van der Waals surface area contributed by atoms with Crippen molar-refractivity contribution < 1.29 is 27.5 Å². The standard InChI is InChI=1S/C28H38ClN3O6S/c1-6-23(27(34)30-28(2,3)4)31(19-20-9-11-21(29)12-10-20)26(33)8-7-15-32(39(5,35)36)22-13-14-24-25(18-22)38-17-16-37-24/h9-14,18,23H,6-8,15-17,19H2,1-5H3,(H,30,34)/t23-/m0/s1. The Kier molecular flexibility index (Phi) is 10.1. The molecule has 1 aliphatic heterocycles. The predicted molar refractivity (Wildman–Crippen MR) is 153 cm³/mol. The minimum absolute atomic E-state index is 0.0590. The van der Waals surface area contributed by atoms with Gasteiger partial charge in [-0.15, -0.1) is 0 Å². The zero-order valence-electron chi connectivity index (χ0n) is 23.2. The number of fused-ring (bicyclic) bond motifs is 1. The fourth-order valence-electron chi connectivity index (χ4n) is 4.35. The summed E-state index contributed by atoms with van der Waals surface area (Å²) >= 11 is 6.04. The third-order valence-corrected chi connectivity index (χ3v) is 7.56. The van der Waals surface area contributed by atoms with Gasteiger partial charge in [0.05, 0.1) is 11.9 Å². The Hall–Kier alpha value is -2.98. The maximum Gasteiger partial charge on any atom is 0.243 e. The first kappa shape index (κ1) is 30.6. The van der Waals surface area contributed by atoms with Gasteiger partial charge in [0, 0.05) is 36.1 Å². The maximum absolute atomic E-state index is 13.6. The lowest BCUT2D eigenvalue weighted by Crippen LogP contribution is -2.53. The summed E-state index contributed by atoms with van der Waals surface area (Å²) in [5.74, 6) is 0.566. The average molecular weight is 580 g/mol. The van der Waals surface area contributed by atoms with Crippen molar-refractivity contribution >= 4 is 39.1 Å². The smallest absolute Gasteiger partial charge is 0.243 e. The first-order valence-corrected chi connectivity index (χ1v) is 15.2. The maximum atomic E-state index is 13.6. The van der Waals surface area contributed by atoms with E-state index in [1.807, 2.05) is 39.8 Å². The van der Waals surface area contributed by atoms with Crippen LogP contribution in [0.25, 0.3) is 0 Å². The molecule has 2 amide bonds. The number of carbonyl (C=O) groups excluding carboxylic acids is 2. The van der Waals surface area contributed by atoms with Crippen LogP contribution in [0.4, 0.5) is 5.69 Å². The summed E-state index contributed by atoms with van der Waals surface area (Å²) in [6, 6.07) is 11.4. The summed E-state index contributed by atoms with van der Waals surface area (Å²) in [6.07, 6.45) is 1.87. The van der Waals surface area contributed by atoms with E-state index in [-0.39, 0.29) is 37.7 Å². The third kappa shape index (κ3) is 8.76. The molecule has 39 heavy (non-hydrogen) atoms. The van der Waals surface area contributed by atoms with Gasteiger partial charge in [0.25, 0.3) is 0 Å². The van der Waals surface area contributed by atoms with Gasteiger partial charge in [-0.05, 0) is 63.4 Å². The van der Waals surface area contributed by atoms with Gasteiger partial charge in [-0.3, -0.25) is 13.9 Å². The molecule has 3 rings (SSSR count). The highest BCUT2D eigenvalue weighted by molar-refractivity contribution is 7.92. The quantitative estimate of drug-likeness (QED) is 0.423. The van der Waals surface area contributed by atoms with Gasteiger partial charge in [0.2, 0.25) is 21.8 Å². The Labute approximate surface area is 236 Å². The van der Waals surface area contributed by atoms with Crippen LogP contribution in [0.1, 0.15) is 52.5 Å². The van der Waals surface area contributed by atoms with E-state index < -0.39 is 21.6 Å². The summed E-state index contributed by atoms with van der Waals surface area (Å²) in [6.45, 7) is 8.66. The van der Waals surface area contributed by atoms with Crippen LogP contribution in [0.3, 0.4) is 0 Å². The monoisotopic (exact) mass is 579 g/mol. The number of nitrogens with zero attached hydrogens (tertiary/aromatic N) is 2. The number of sulfonamides is 1. The van der Waals surface area contributed by atoms with Crippen molar-refractivity contribution in [2.75, 3.05) is 30.3 Å². The fourth-order valence-corrected chi connectivity index (χ4v) is 5.43. The Morgan fingerprint density at radius 3 is 2.28 bits per heavy atom. The van der Waals surface area contributed by atoms with Crippen LogP contribution in [-0.2, 0) is 26.2 Å². The Balaban J connectivity index is 1.78. The molecule has 0 fully saturated rings. The fraction of sp³-hybridized carbons (Fsp3) is 0.500. The first-order valence-electron chi connectivity index (χ1n) is 13.0. The normalized spacial score (nSPS) is 13.9. The minimum Gasteiger partial charge on any atom is -0.486 e. The van der Waals surface area contributed by atoms with Gasteiger partial charge >= 0.3 is 0 Å². The van der Waals surface area contributed by atoms with Crippen molar-refractivity contribution in [1.82, 2.24) is 10.2 Å². The molecule has 1 heterocycles.